The second-order valence-corrected chi connectivity index (χ2v) is 8.60. The molecule has 1 aromatic heterocycles. The Morgan fingerprint density at radius 2 is 1.84 bits per heavy atom. The Morgan fingerprint density at radius 3 is 2.56 bits per heavy atom. The minimum Gasteiger partial charge on any atom is -0.381 e. The van der Waals surface area contributed by atoms with Crippen LogP contribution in [0.3, 0.4) is 0 Å². The van der Waals surface area contributed by atoms with E-state index in [1.807, 2.05) is 18.2 Å². The number of rotatable bonds is 6. The second kappa shape index (κ2) is 9.99. The molecular weight excluding hydrogens is 425 g/mol. The van der Waals surface area contributed by atoms with Crippen molar-refractivity contribution in [2.24, 2.45) is 5.73 Å². The Labute approximate surface area is 192 Å². The molecule has 0 atom stereocenters. The molecule has 1 aliphatic rings. The van der Waals surface area contributed by atoms with Crippen LogP contribution in [0, 0.1) is 17.1 Å². The number of hydrogen-bond acceptors (Lipinski definition) is 5. The first-order chi connectivity index (χ1) is 15.5. The Hall–Kier alpha value is -3.14. The fraction of sp³-hybridized carbons (Fsp3) is 0.280. The van der Waals surface area contributed by atoms with Gasteiger partial charge < -0.3 is 16.4 Å². The maximum Gasteiger partial charge on any atom is 0.126 e. The van der Waals surface area contributed by atoms with Crippen molar-refractivity contribution in [2.45, 2.75) is 44.3 Å². The highest BCUT2D eigenvalue weighted by Gasteiger charge is 2.19. The van der Waals surface area contributed by atoms with Crippen molar-refractivity contribution in [3.05, 3.63) is 76.7 Å². The molecule has 0 bridgehead atoms. The number of nitrogens with one attached hydrogen (secondary N) is 2. The van der Waals surface area contributed by atoms with Gasteiger partial charge in [0.25, 0.3) is 0 Å². The molecule has 3 aromatic rings. The van der Waals surface area contributed by atoms with Gasteiger partial charge in [0.2, 0.25) is 0 Å². The largest absolute Gasteiger partial charge is 0.381 e. The van der Waals surface area contributed by atoms with Crippen molar-refractivity contribution in [1.29, 1.82) is 5.26 Å². The number of benzene rings is 2. The molecule has 1 heterocycles. The van der Waals surface area contributed by atoms with E-state index in [0.717, 1.165) is 53.9 Å². The molecule has 1 saturated carbocycles. The zero-order valence-electron chi connectivity index (χ0n) is 17.6. The van der Waals surface area contributed by atoms with E-state index >= 15 is 0 Å². The average Bonchev–Trinajstić information content (AvgIpc) is 2.81. The number of nitrogens with zero attached hydrogens (tertiary/aromatic N) is 2. The summed E-state index contributed by atoms with van der Waals surface area (Å²) in [5.74, 6) is 0.489. The fourth-order valence-electron chi connectivity index (χ4n) is 3.97. The molecule has 1 fully saturated rings. The topological polar surface area (TPSA) is 86.8 Å². The van der Waals surface area contributed by atoms with Crippen LogP contribution in [-0.4, -0.2) is 17.1 Å². The van der Waals surface area contributed by atoms with Crippen LogP contribution in [0.4, 0.5) is 15.9 Å². The van der Waals surface area contributed by atoms with Crippen LogP contribution >= 0.6 is 11.6 Å². The molecule has 5 nitrogen and oxygen atoms in total. The fourth-order valence-corrected chi connectivity index (χ4v) is 4.18. The molecule has 0 aliphatic heterocycles. The number of nitrogens with two attached hydrogens (primary N) is 1. The summed E-state index contributed by atoms with van der Waals surface area (Å²) in [6.07, 6.45) is 5.68. The van der Waals surface area contributed by atoms with E-state index in [-0.39, 0.29) is 11.9 Å². The molecule has 1 aliphatic carbocycles. The molecule has 32 heavy (non-hydrogen) atoms. The molecule has 4 rings (SSSR count). The van der Waals surface area contributed by atoms with Gasteiger partial charge in [-0.3, -0.25) is 0 Å². The Morgan fingerprint density at radius 1 is 1.09 bits per heavy atom. The van der Waals surface area contributed by atoms with Crippen molar-refractivity contribution >= 4 is 23.1 Å². The van der Waals surface area contributed by atoms with E-state index < -0.39 is 0 Å². The number of pyridine rings is 1. The van der Waals surface area contributed by atoms with Crippen molar-refractivity contribution in [3.8, 4) is 17.2 Å². The van der Waals surface area contributed by atoms with E-state index in [1.165, 1.54) is 12.1 Å². The second-order valence-electron chi connectivity index (χ2n) is 8.20. The number of hydrogen-bond donors (Lipinski definition) is 3. The van der Waals surface area contributed by atoms with Gasteiger partial charge in [-0.1, -0.05) is 23.7 Å². The van der Waals surface area contributed by atoms with Gasteiger partial charge in [-0.15, -0.1) is 0 Å². The summed E-state index contributed by atoms with van der Waals surface area (Å²) >= 11 is 6.48. The third-order valence-electron chi connectivity index (χ3n) is 5.76. The lowest BCUT2D eigenvalue weighted by molar-refractivity contribution is 0.410. The van der Waals surface area contributed by atoms with Crippen molar-refractivity contribution < 1.29 is 4.39 Å². The summed E-state index contributed by atoms with van der Waals surface area (Å²) in [6, 6.07) is 16.6. The lowest BCUT2D eigenvalue weighted by Crippen LogP contribution is -2.33. The summed E-state index contributed by atoms with van der Waals surface area (Å²) in [6.45, 7) is 0.509. The van der Waals surface area contributed by atoms with Crippen LogP contribution in [0.5, 0.6) is 0 Å². The van der Waals surface area contributed by atoms with Crippen LogP contribution in [0.2, 0.25) is 5.02 Å². The monoisotopic (exact) mass is 449 g/mol. The SMILES string of the molecule is N#Cc1cc(NCc2ccc(F)cc2)cc(-c2cc(NC3CCC(N)CC3)ncc2Cl)c1. The van der Waals surface area contributed by atoms with Crippen molar-refractivity contribution in [2.75, 3.05) is 10.6 Å². The number of aromatic nitrogens is 1. The molecule has 0 saturated heterocycles. The van der Waals surface area contributed by atoms with E-state index in [9.17, 15) is 9.65 Å². The van der Waals surface area contributed by atoms with Gasteiger partial charge in [0.05, 0.1) is 16.7 Å². The lowest BCUT2D eigenvalue weighted by Gasteiger charge is -2.27. The van der Waals surface area contributed by atoms with Crippen LogP contribution in [-0.2, 0) is 6.54 Å². The van der Waals surface area contributed by atoms with Crippen LogP contribution in [0.15, 0.2) is 54.7 Å². The third-order valence-corrected chi connectivity index (χ3v) is 6.06. The summed E-state index contributed by atoms with van der Waals surface area (Å²) in [5.41, 5.74) is 9.89. The summed E-state index contributed by atoms with van der Waals surface area (Å²) < 4.78 is 13.1. The zero-order chi connectivity index (χ0) is 22.5. The molecule has 0 radical (unpaired) electrons. The van der Waals surface area contributed by atoms with E-state index in [1.54, 1.807) is 24.4 Å². The van der Waals surface area contributed by atoms with Gasteiger partial charge in [0.1, 0.15) is 11.6 Å². The molecule has 0 unspecified atom stereocenters. The molecule has 164 valence electrons. The van der Waals surface area contributed by atoms with Crippen LogP contribution in [0.1, 0.15) is 36.8 Å². The quantitative estimate of drug-likeness (QED) is 0.449. The van der Waals surface area contributed by atoms with E-state index in [0.29, 0.717) is 23.2 Å². The molecule has 0 spiro atoms. The van der Waals surface area contributed by atoms with Gasteiger partial charge in [-0.05, 0) is 73.2 Å². The zero-order valence-corrected chi connectivity index (χ0v) is 18.4. The van der Waals surface area contributed by atoms with Crippen LogP contribution in [0.25, 0.3) is 11.1 Å². The standard InChI is InChI=1S/C25H25ClFN5/c26-24-15-31-25(32-21-7-5-20(29)6-8-21)12-23(24)18-9-17(13-28)10-22(11-18)30-14-16-1-3-19(27)4-2-16/h1-4,9-12,15,20-21,30H,5-8,14,29H2,(H,31,32). The smallest absolute Gasteiger partial charge is 0.126 e. The Kier molecular flexibility index (Phi) is 6.89. The van der Waals surface area contributed by atoms with Gasteiger partial charge in [-0.2, -0.15) is 5.26 Å². The van der Waals surface area contributed by atoms with Gasteiger partial charge in [0.15, 0.2) is 0 Å². The molecule has 7 heteroatoms. The first kappa shape index (κ1) is 22.1. The highest BCUT2D eigenvalue weighted by Crippen LogP contribution is 2.33. The Bertz CT molecular complexity index is 1120. The first-order valence-electron chi connectivity index (χ1n) is 10.7. The van der Waals surface area contributed by atoms with Gasteiger partial charge in [0, 0.05) is 36.1 Å². The predicted molar refractivity (Wildman–Crippen MR) is 127 cm³/mol. The minimum atomic E-state index is -0.268. The normalized spacial score (nSPS) is 18.1. The maximum atomic E-state index is 13.1. The maximum absolute atomic E-state index is 13.1. The highest BCUT2D eigenvalue weighted by molar-refractivity contribution is 6.33. The number of nitriles is 1. The highest BCUT2D eigenvalue weighted by atomic mass is 35.5. The van der Waals surface area contributed by atoms with Crippen molar-refractivity contribution in [3.63, 3.8) is 0 Å². The summed E-state index contributed by atoms with van der Waals surface area (Å²) in [5, 5.41) is 16.8. The summed E-state index contributed by atoms with van der Waals surface area (Å²) in [4.78, 5) is 4.44. The van der Waals surface area contributed by atoms with E-state index in [2.05, 4.69) is 21.7 Å². The summed E-state index contributed by atoms with van der Waals surface area (Å²) in [7, 11) is 0. The molecule has 4 N–H and O–H groups in total. The first-order valence-corrected chi connectivity index (χ1v) is 11.1. The van der Waals surface area contributed by atoms with Crippen LogP contribution < -0.4 is 16.4 Å². The van der Waals surface area contributed by atoms with E-state index in [4.69, 9.17) is 17.3 Å². The molecular formula is C25H25ClFN5. The number of anilines is 2. The van der Waals surface area contributed by atoms with Gasteiger partial charge >= 0.3 is 0 Å². The molecule has 2 aromatic carbocycles. The van der Waals surface area contributed by atoms with Gasteiger partial charge in [-0.25, -0.2) is 9.37 Å². The lowest BCUT2D eigenvalue weighted by atomic mass is 9.92. The van der Waals surface area contributed by atoms with Crippen molar-refractivity contribution in [1.82, 2.24) is 4.98 Å². The third kappa shape index (κ3) is 5.56. The number of halogens is 2. The minimum absolute atomic E-state index is 0.268. The predicted octanol–water partition coefficient (Wildman–Crippen LogP) is 5.71. The average molecular weight is 450 g/mol. The Balaban J connectivity index is 1.56. The molecule has 0 amide bonds.